The van der Waals surface area contributed by atoms with Crippen molar-refractivity contribution >= 4 is 84.6 Å². The summed E-state index contributed by atoms with van der Waals surface area (Å²) in [6.07, 6.45) is 1.70. The van der Waals surface area contributed by atoms with Gasteiger partial charge in [0.2, 0.25) is 0 Å². The number of nitrogens with one attached hydrogen (secondary N) is 1. The van der Waals surface area contributed by atoms with Crippen LogP contribution in [0.25, 0.3) is 38.2 Å². The van der Waals surface area contributed by atoms with E-state index in [-0.39, 0.29) is 11.5 Å². The van der Waals surface area contributed by atoms with Crippen LogP contribution in [-0.4, -0.2) is 21.0 Å². The van der Waals surface area contributed by atoms with Gasteiger partial charge in [0.15, 0.2) is 0 Å². The Bertz CT molecular complexity index is 2430. The molecular formula is C35H22ClN5O2S. The van der Waals surface area contributed by atoms with E-state index in [4.69, 9.17) is 16.6 Å². The Morgan fingerprint density at radius 2 is 1.61 bits per heavy atom. The standard InChI is InChI=1S/C35H22ClN5O2S/c1-20-26(35(43)41(39-20)22-9-6-8-21(36)18-22)19-37-28-13-3-5-15-31(28)44-30-17-16-24-32-23(30)10-7-11-25(32)34(42)40-29-14-4-2-12-27(29)38-33(24)40/h2-19,37H,1H3. The predicted molar refractivity (Wildman–Crippen MR) is 179 cm³/mol. The van der Waals surface area contributed by atoms with E-state index in [0.717, 1.165) is 42.7 Å². The maximum atomic E-state index is 13.7. The SMILES string of the molecule is CC1=NN(c2cccc(Cl)c2)C(=O)C1=CNc1ccccc1Sc1ccc2c3c1cccc3c(=O)n1c3ccccc3nc21. The summed E-state index contributed by atoms with van der Waals surface area (Å²) in [6, 6.07) is 32.7. The van der Waals surface area contributed by atoms with E-state index in [2.05, 4.69) is 28.6 Å². The van der Waals surface area contributed by atoms with Crippen LogP contribution in [0.2, 0.25) is 5.02 Å². The van der Waals surface area contributed by atoms with Gasteiger partial charge in [-0.2, -0.15) is 10.1 Å². The Morgan fingerprint density at radius 1 is 0.818 bits per heavy atom. The zero-order valence-electron chi connectivity index (χ0n) is 23.3. The summed E-state index contributed by atoms with van der Waals surface area (Å²) in [6.45, 7) is 1.81. The molecule has 1 aliphatic rings. The lowest BCUT2D eigenvalue weighted by Gasteiger charge is -2.14. The van der Waals surface area contributed by atoms with Gasteiger partial charge in [0.25, 0.3) is 11.5 Å². The Balaban J connectivity index is 1.16. The van der Waals surface area contributed by atoms with Gasteiger partial charge >= 0.3 is 0 Å². The summed E-state index contributed by atoms with van der Waals surface area (Å²) < 4.78 is 1.72. The number of hydrogen-bond acceptors (Lipinski definition) is 6. The molecule has 0 spiro atoms. The summed E-state index contributed by atoms with van der Waals surface area (Å²) in [7, 11) is 0. The number of imidazole rings is 1. The minimum Gasteiger partial charge on any atom is -0.360 e. The van der Waals surface area contributed by atoms with Gasteiger partial charge in [-0.05, 0) is 73.0 Å². The lowest BCUT2D eigenvalue weighted by atomic mass is 10.0. The fraction of sp³-hybridized carbons (Fsp3) is 0.0286. The van der Waals surface area contributed by atoms with Crippen LogP contribution < -0.4 is 15.9 Å². The number of para-hydroxylation sites is 3. The average molecular weight is 612 g/mol. The molecule has 212 valence electrons. The van der Waals surface area contributed by atoms with Crippen LogP contribution in [-0.2, 0) is 4.79 Å². The molecule has 7 aromatic rings. The number of amides is 1. The molecule has 8 rings (SSSR count). The minimum atomic E-state index is -0.235. The first-order chi connectivity index (χ1) is 21.5. The van der Waals surface area contributed by atoms with E-state index in [0.29, 0.717) is 33.0 Å². The maximum Gasteiger partial charge on any atom is 0.282 e. The van der Waals surface area contributed by atoms with E-state index in [1.54, 1.807) is 46.6 Å². The number of fused-ring (bicyclic) bond motifs is 4. The Hall–Kier alpha value is -5.18. The molecule has 1 aliphatic heterocycles. The molecule has 0 atom stereocenters. The van der Waals surface area contributed by atoms with Crippen molar-refractivity contribution in [1.29, 1.82) is 0 Å². The third kappa shape index (κ3) is 4.14. The fourth-order valence-electron chi connectivity index (χ4n) is 5.78. The molecule has 9 heteroatoms. The third-order valence-electron chi connectivity index (χ3n) is 7.83. The molecule has 7 nitrogen and oxygen atoms in total. The van der Waals surface area contributed by atoms with Gasteiger partial charge in [-0.1, -0.05) is 65.8 Å². The number of benzene rings is 5. The highest BCUT2D eigenvalue weighted by molar-refractivity contribution is 7.99. The lowest BCUT2D eigenvalue weighted by Crippen LogP contribution is -2.21. The van der Waals surface area contributed by atoms with Crippen LogP contribution in [0, 0.1) is 0 Å². The number of halogens is 1. The van der Waals surface area contributed by atoms with Gasteiger partial charge in [-0.3, -0.25) is 14.0 Å². The number of carbonyl (C=O) groups excluding carboxylic acids is 1. The Morgan fingerprint density at radius 3 is 2.50 bits per heavy atom. The van der Waals surface area contributed by atoms with Crippen LogP contribution in [0.4, 0.5) is 11.4 Å². The second-order valence-corrected chi connectivity index (χ2v) is 12.0. The number of pyridine rings is 1. The number of anilines is 2. The van der Waals surface area contributed by atoms with Crippen molar-refractivity contribution in [2.75, 3.05) is 10.3 Å². The minimum absolute atomic E-state index is 0.0762. The predicted octanol–water partition coefficient (Wildman–Crippen LogP) is 8.12. The second-order valence-electron chi connectivity index (χ2n) is 10.5. The summed E-state index contributed by atoms with van der Waals surface area (Å²) in [5.74, 6) is -0.235. The molecular weight excluding hydrogens is 590 g/mol. The molecule has 5 aromatic carbocycles. The normalized spacial score (nSPS) is 14.5. The average Bonchev–Trinajstić information content (AvgIpc) is 3.57. The zero-order chi connectivity index (χ0) is 29.9. The van der Waals surface area contributed by atoms with E-state index < -0.39 is 0 Å². The van der Waals surface area contributed by atoms with Crippen molar-refractivity contribution in [3.63, 3.8) is 0 Å². The fourth-order valence-corrected chi connectivity index (χ4v) is 7.00. The highest BCUT2D eigenvalue weighted by atomic mass is 35.5. The first-order valence-corrected chi connectivity index (χ1v) is 15.1. The molecule has 0 saturated heterocycles. The quantitative estimate of drug-likeness (QED) is 0.199. The Labute approximate surface area is 260 Å². The largest absolute Gasteiger partial charge is 0.360 e. The molecule has 0 fully saturated rings. The molecule has 0 bridgehead atoms. The van der Waals surface area contributed by atoms with Crippen LogP contribution >= 0.6 is 23.4 Å². The van der Waals surface area contributed by atoms with E-state index in [1.165, 1.54) is 5.01 Å². The summed E-state index contributed by atoms with van der Waals surface area (Å²) in [5, 5.41) is 13.2. The highest BCUT2D eigenvalue weighted by Crippen LogP contribution is 2.41. The topological polar surface area (TPSA) is 79.1 Å². The Kier molecular flexibility index (Phi) is 6.14. The molecule has 3 heterocycles. The van der Waals surface area contributed by atoms with Crippen molar-refractivity contribution in [2.24, 2.45) is 5.10 Å². The highest BCUT2D eigenvalue weighted by Gasteiger charge is 2.29. The van der Waals surface area contributed by atoms with Gasteiger partial charge < -0.3 is 5.32 Å². The number of carbonyl (C=O) groups is 1. The van der Waals surface area contributed by atoms with E-state index in [1.807, 2.05) is 67.6 Å². The van der Waals surface area contributed by atoms with Crippen LogP contribution in [0.1, 0.15) is 6.92 Å². The molecule has 0 aliphatic carbocycles. The first-order valence-electron chi connectivity index (χ1n) is 14.0. The van der Waals surface area contributed by atoms with Gasteiger partial charge in [0.05, 0.1) is 33.7 Å². The molecule has 0 radical (unpaired) electrons. The number of rotatable bonds is 5. The number of nitrogens with zero attached hydrogens (tertiary/aromatic N) is 4. The first kappa shape index (κ1) is 26.4. The monoisotopic (exact) mass is 611 g/mol. The smallest absolute Gasteiger partial charge is 0.282 e. The van der Waals surface area contributed by atoms with Crippen LogP contribution in [0.3, 0.4) is 0 Å². The van der Waals surface area contributed by atoms with Crippen molar-refractivity contribution in [2.45, 2.75) is 16.7 Å². The molecule has 0 saturated carbocycles. The summed E-state index contributed by atoms with van der Waals surface area (Å²) >= 11 is 7.74. The van der Waals surface area contributed by atoms with Crippen LogP contribution in [0.15, 0.2) is 135 Å². The molecule has 1 N–H and O–H groups in total. The van der Waals surface area contributed by atoms with Gasteiger partial charge in [-0.15, -0.1) is 0 Å². The van der Waals surface area contributed by atoms with Crippen molar-refractivity contribution in [3.8, 4) is 0 Å². The number of hydrogen-bond donors (Lipinski definition) is 1. The molecule has 44 heavy (non-hydrogen) atoms. The number of hydrazone groups is 1. The third-order valence-corrected chi connectivity index (χ3v) is 9.22. The molecule has 1 amide bonds. The summed E-state index contributed by atoms with van der Waals surface area (Å²) in [4.78, 5) is 33.8. The maximum absolute atomic E-state index is 13.7. The van der Waals surface area contributed by atoms with E-state index in [9.17, 15) is 9.59 Å². The van der Waals surface area contributed by atoms with Crippen molar-refractivity contribution < 1.29 is 4.79 Å². The lowest BCUT2D eigenvalue weighted by molar-refractivity contribution is -0.114. The van der Waals surface area contributed by atoms with E-state index >= 15 is 0 Å². The van der Waals surface area contributed by atoms with Gasteiger partial charge in [0.1, 0.15) is 5.65 Å². The molecule has 2 aromatic heterocycles. The van der Waals surface area contributed by atoms with Crippen molar-refractivity contribution in [1.82, 2.24) is 9.38 Å². The second kappa shape index (κ2) is 10.2. The summed E-state index contributed by atoms with van der Waals surface area (Å²) in [5.41, 5.74) is 4.70. The number of aromatic nitrogens is 2. The molecule has 0 unspecified atom stereocenters. The van der Waals surface area contributed by atoms with Crippen molar-refractivity contribution in [3.05, 3.63) is 130 Å². The van der Waals surface area contributed by atoms with Gasteiger partial charge in [0, 0.05) is 37.2 Å². The van der Waals surface area contributed by atoms with Gasteiger partial charge in [-0.25, -0.2) is 4.98 Å². The van der Waals surface area contributed by atoms with Crippen LogP contribution in [0.5, 0.6) is 0 Å². The zero-order valence-corrected chi connectivity index (χ0v) is 24.9.